The van der Waals surface area contributed by atoms with Gasteiger partial charge in [0.25, 0.3) is 0 Å². The minimum Gasteiger partial charge on any atom is -0.394 e. The molecule has 0 spiro atoms. The third-order valence-electron chi connectivity index (χ3n) is 2.08. The van der Waals surface area contributed by atoms with Crippen LogP contribution in [0.1, 0.15) is 30.3 Å². The number of benzene rings is 1. The van der Waals surface area contributed by atoms with Crippen LogP contribution in [0.3, 0.4) is 0 Å². The van der Waals surface area contributed by atoms with Crippen LogP contribution < -0.4 is 5.73 Å². The molecule has 0 aromatic heterocycles. The van der Waals surface area contributed by atoms with E-state index in [9.17, 15) is 4.39 Å². The van der Waals surface area contributed by atoms with Crippen molar-refractivity contribution in [3.63, 3.8) is 0 Å². The van der Waals surface area contributed by atoms with Crippen LogP contribution >= 0.6 is 11.6 Å². The fourth-order valence-electron chi connectivity index (χ4n) is 1.40. The zero-order valence-electron chi connectivity index (χ0n) is 7.87. The van der Waals surface area contributed by atoms with Crippen LogP contribution in [0.4, 0.5) is 4.39 Å². The Bertz CT molecular complexity index is 317. The highest BCUT2D eigenvalue weighted by Gasteiger charge is 2.17. The van der Waals surface area contributed by atoms with E-state index in [1.54, 1.807) is 18.2 Å². The summed E-state index contributed by atoms with van der Waals surface area (Å²) in [7, 11) is 0. The Morgan fingerprint density at radius 1 is 1.57 bits per heavy atom. The van der Waals surface area contributed by atoms with Crippen molar-refractivity contribution in [3.05, 3.63) is 34.3 Å². The lowest BCUT2D eigenvalue weighted by Crippen LogP contribution is -2.17. The Morgan fingerprint density at radius 3 is 2.71 bits per heavy atom. The topological polar surface area (TPSA) is 46.2 Å². The van der Waals surface area contributed by atoms with Crippen molar-refractivity contribution in [3.8, 4) is 0 Å². The molecule has 4 heteroatoms. The van der Waals surface area contributed by atoms with Crippen molar-refractivity contribution in [2.24, 2.45) is 5.73 Å². The average Bonchev–Trinajstić information content (AvgIpc) is 2.15. The van der Waals surface area contributed by atoms with Gasteiger partial charge in [-0.25, -0.2) is 4.39 Å². The minimum absolute atomic E-state index is 0.222. The summed E-state index contributed by atoms with van der Waals surface area (Å²) in [5.41, 5.74) is 6.56. The van der Waals surface area contributed by atoms with Crippen molar-refractivity contribution in [1.29, 1.82) is 0 Å². The van der Waals surface area contributed by atoms with Gasteiger partial charge in [0.2, 0.25) is 0 Å². The third kappa shape index (κ3) is 2.23. The molecule has 2 atom stereocenters. The predicted octanol–water partition coefficient (Wildman–Crippen LogP) is 2.36. The maximum absolute atomic E-state index is 13.2. The Balaban J connectivity index is 3.21. The van der Waals surface area contributed by atoms with Crippen molar-refractivity contribution in [2.45, 2.75) is 19.1 Å². The Hall–Kier alpha value is -0.640. The number of hydrogen-bond donors (Lipinski definition) is 2. The van der Waals surface area contributed by atoms with E-state index in [4.69, 9.17) is 22.4 Å². The van der Waals surface area contributed by atoms with Gasteiger partial charge in [-0.15, -0.1) is 0 Å². The zero-order valence-corrected chi connectivity index (χ0v) is 8.63. The highest BCUT2D eigenvalue weighted by atomic mass is 35.5. The summed E-state index contributed by atoms with van der Waals surface area (Å²) >= 11 is 5.85. The van der Waals surface area contributed by atoms with E-state index in [1.165, 1.54) is 6.92 Å². The molecule has 0 saturated carbocycles. The minimum atomic E-state index is -1.18. The van der Waals surface area contributed by atoms with E-state index >= 15 is 0 Å². The molecule has 0 radical (unpaired) electrons. The number of halogens is 2. The van der Waals surface area contributed by atoms with Gasteiger partial charge in [-0.2, -0.15) is 0 Å². The normalized spacial score (nSPS) is 15.2. The number of nitrogens with two attached hydrogens (primary N) is 1. The Morgan fingerprint density at radius 2 is 2.21 bits per heavy atom. The molecule has 1 rings (SSSR count). The van der Waals surface area contributed by atoms with E-state index in [-0.39, 0.29) is 6.61 Å². The molecule has 0 fully saturated rings. The van der Waals surface area contributed by atoms with E-state index in [0.29, 0.717) is 16.1 Å². The molecule has 1 aromatic rings. The molecule has 0 aliphatic rings. The molecular formula is C10H13ClFNO. The first kappa shape index (κ1) is 11.4. The van der Waals surface area contributed by atoms with Crippen LogP contribution in [0.25, 0.3) is 0 Å². The standard InChI is InChI=1S/C10H13ClFNO/c1-6(12)10-7(9(13)5-14)3-2-4-8(10)11/h2-4,6,9,14H,5,13H2,1H3. The fraction of sp³-hybridized carbons (Fsp3) is 0.400. The zero-order chi connectivity index (χ0) is 10.7. The second kappa shape index (κ2) is 4.73. The van der Waals surface area contributed by atoms with Gasteiger partial charge in [0.15, 0.2) is 0 Å². The van der Waals surface area contributed by atoms with E-state index in [2.05, 4.69) is 0 Å². The largest absolute Gasteiger partial charge is 0.394 e. The smallest absolute Gasteiger partial charge is 0.124 e. The molecule has 0 aliphatic heterocycles. The Kier molecular flexibility index (Phi) is 3.86. The van der Waals surface area contributed by atoms with Crippen molar-refractivity contribution >= 4 is 11.6 Å². The summed E-state index contributed by atoms with van der Waals surface area (Å²) < 4.78 is 13.2. The van der Waals surface area contributed by atoms with Crippen LogP contribution in [-0.2, 0) is 0 Å². The SMILES string of the molecule is CC(F)c1c(Cl)cccc1C(N)CO. The molecule has 0 saturated heterocycles. The van der Waals surface area contributed by atoms with Gasteiger partial charge in [0, 0.05) is 10.6 Å². The van der Waals surface area contributed by atoms with Gasteiger partial charge in [-0.1, -0.05) is 23.7 Å². The van der Waals surface area contributed by atoms with Crippen LogP contribution in [0.15, 0.2) is 18.2 Å². The lowest BCUT2D eigenvalue weighted by molar-refractivity contribution is 0.265. The molecular weight excluding hydrogens is 205 g/mol. The van der Waals surface area contributed by atoms with Crippen LogP contribution in [0, 0.1) is 0 Å². The van der Waals surface area contributed by atoms with Gasteiger partial charge >= 0.3 is 0 Å². The molecule has 14 heavy (non-hydrogen) atoms. The summed E-state index contributed by atoms with van der Waals surface area (Å²) in [6.07, 6.45) is -1.18. The lowest BCUT2D eigenvalue weighted by Gasteiger charge is -2.16. The van der Waals surface area contributed by atoms with Gasteiger partial charge < -0.3 is 10.8 Å². The fourth-order valence-corrected chi connectivity index (χ4v) is 1.73. The van der Waals surface area contributed by atoms with E-state index in [1.807, 2.05) is 0 Å². The van der Waals surface area contributed by atoms with Crippen LogP contribution in [0.2, 0.25) is 5.02 Å². The van der Waals surface area contributed by atoms with Crippen LogP contribution in [0.5, 0.6) is 0 Å². The first-order valence-corrected chi connectivity index (χ1v) is 4.74. The quantitative estimate of drug-likeness (QED) is 0.817. The first-order chi connectivity index (χ1) is 6.57. The predicted molar refractivity (Wildman–Crippen MR) is 55.0 cm³/mol. The molecule has 0 aliphatic carbocycles. The highest BCUT2D eigenvalue weighted by molar-refractivity contribution is 6.31. The third-order valence-corrected chi connectivity index (χ3v) is 2.41. The monoisotopic (exact) mass is 217 g/mol. The first-order valence-electron chi connectivity index (χ1n) is 4.36. The van der Waals surface area contributed by atoms with Crippen molar-refractivity contribution in [2.75, 3.05) is 6.61 Å². The summed E-state index contributed by atoms with van der Waals surface area (Å²) in [6, 6.07) is 4.40. The average molecular weight is 218 g/mol. The highest BCUT2D eigenvalue weighted by Crippen LogP contribution is 2.31. The summed E-state index contributed by atoms with van der Waals surface area (Å²) in [4.78, 5) is 0. The second-order valence-corrected chi connectivity index (χ2v) is 3.56. The summed E-state index contributed by atoms with van der Waals surface area (Å²) in [5, 5.41) is 9.24. The summed E-state index contributed by atoms with van der Waals surface area (Å²) in [5.74, 6) is 0. The van der Waals surface area contributed by atoms with Gasteiger partial charge in [-0.05, 0) is 18.6 Å². The van der Waals surface area contributed by atoms with Crippen molar-refractivity contribution in [1.82, 2.24) is 0 Å². The number of aliphatic hydroxyl groups excluding tert-OH is 1. The van der Waals surface area contributed by atoms with Gasteiger partial charge in [-0.3, -0.25) is 0 Å². The molecule has 2 nitrogen and oxygen atoms in total. The number of hydrogen-bond acceptors (Lipinski definition) is 2. The number of alkyl halides is 1. The maximum atomic E-state index is 13.2. The van der Waals surface area contributed by atoms with Crippen molar-refractivity contribution < 1.29 is 9.50 Å². The lowest BCUT2D eigenvalue weighted by atomic mass is 9.98. The number of aliphatic hydroxyl groups is 1. The molecule has 78 valence electrons. The molecule has 0 heterocycles. The molecule has 0 bridgehead atoms. The Labute approximate surface area is 87.5 Å². The maximum Gasteiger partial charge on any atom is 0.124 e. The van der Waals surface area contributed by atoms with E-state index in [0.717, 1.165) is 0 Å². The molecule has 2 unspecified atom stereocenters. The van der Waals surface area contributed by atoms with E-state index < -0.39 is 12.2 Å². The van der Waals surface area contributed by atoms with Gasteiger partial charge in [0.05, 0.1) is 12.6 Å². The number of rotatable bonds is 3. The van der Waals surface area contributed by atoms with Gasteiger partial charge in [0.1, 0.15) is 6.17 Å². The molecule has 0 amide bonds. The van der Waals surface area contributed by atoms with Crippen LogP contribution in [-0.4, -0.2) is 11.7 Å². The molecule has 1 aromatic carbocycles. The second-order valence-electron chi connectivity index (χ2n) is 3.15. The molecule has 3 N–H and O–H groups in total. The summed E-state index contributed by atoms with van der Waals surface area (Å²) in [6.45, 7) is 1.18.